The van der Waals surface area contributed by atoms with Gasteiger partial charge in [-0.15, -0.1) is 0 Å². The van der Waals surface area contributed by atoms with Gasteiger partial charge in [-0.1, -0.05) is 12.1 Å². The Hall–Kier alpha value is -2.50. The molecule has 0 atom stereocenters. The highest BCUT2D eigenvalue weighted by Gasteiger charge is 2.04. The van der Waals surface area contributed by atoms with E-state index < -0.39 is 10.9 Å². The van der Waals surface area contributed by atoms with Gasteiger partial charge in [-0.25, -0.2) is 4.98 Å². The fourth-order valence-corrected chi connectivity index (χ4v) is 1.52. The van der Waals surface area contributed by atoms with Gasteiger partial charge in [-0.05, 0) is 17.7 Å². The van der Waals surface area contributed by atoms with Crippen molar-refractivity contribution in [2.75, 3.05) is 6.61 Å². The molecule has 98 valence electrons. The maximum atomic E-state index is 12.6. The van der Waals surface area contributed by atoms with Gasteiger partial charge in [0, 0.05) is 18.6 Å². The van der Waals surface area contributed by atoms with Gasteiger partial charge in [0.25, 0.3) is 5.69 Å². The molecule has 0 amide bonds. The lowest BCUT2D eigenvalue weighted by Crippen LogP contribution is -2.02. The number of rotatable bonds is 5. The second-order valence-electron chi connectivity index (χ2n) is 3.84. The van der Waals surface area contributed by atoms with Gasteiger partial charge in [0.1, 0.15) is 5.75 Å². The number of non-ortho nitro benzene ring substituents is 1. The van der Waals surface area contributed by atoms with E-state index in [1.807, 2.05) is 0 Å². The molecule has 0 radical (unpaired) electrons. The Bertz CT molecular complexity index is 555. The third-order valence-electron chi connectivity index (χ3n) is 2.51. The van der Waals surface area contributed by atoms with Crippen LogP contribution in [0.5, 0.6) is 5.75 Å². The van der Waals surface area contributed by atoms with Crippen molar-refractivity contribution in [1.82, 2.24) is 4.98 Å². The van der Waals surface area contributed by atoms with E-state index in [2.05, 4.69) is 4.98 Å². The Balaban J connectivity index is 1.85. The predicted octanol–water partition coefficient (Wildman–Crippen LogP) is 2.75. The van der Waals surface area contributed by atoms with Crippen molar-refractivity contribution >= 4 is 5.69 Å². The molecule has 0 aliphatic rings. The van der Waals surface area contributed by atoms with Crippen LogP contribution in [0.25, 0.3) is 0 Å². The van der Waals surface area contributed by atoms with Crippen LogP contribution in [-0.2, 0) is 6.42 Å². The number of hydrogen-bond acceptors (Lipinski definition) is 4. The highest BCUT2D eigenvalue weighted by atomic mass is 19.1. The first-order valence-electron chi connectivity index (χ1n) is 5.63. The van der Waals surface area contributed by atoms with E-state index in [4.69, 9.17) is 4.74 Å². The average molecular weight is 262 g/mol. The van der Waals surface area contributed by atoms with E-state index in [1.165, 1.54) is 30.5 Å². The number of halogens is 1. The molecule has 0 N–H and O–H groups in total. The largest absolute Gasteiger partial charge is 0.492 e. The second-order valence-corrected chi connectivity index (χ2v) is 3.84. The van der Waals surface area contributed by atoms with Gasteiger partial charge in [0.2, 0.25) is 5.95 Å². The molecule has 5 nitrogen and oxygen atoms in total. The summed E-state index contributed by atoms with van der Waals surface area (Å²) in [5.41, 5.74) is 0.994. The zero-order valence-corrected chi connectivity index (χ0v) is 9.95. The molecule has 0 spiro atoms. The Kier molecular flexibility index (Phi) is 4.02. The molecular weight excluding hydrogens is 251 g/mol. The quantitative estimate of drug-likeness (QED) is 0.472. The fourth-order valence-electron chi connectivity index (χ4n) is 1.52. The molecule has 1 aromatic heterocycles. The SMILES string of the molecule is O=[N+]([O-])c1ccc(CCOc2ccc(F)nc2)cc1. The highest BCUT2D eigenvalue weighted by molar-refractivity contribution is 5.32. The summed E-state index contributed by atoms with van der Waals surface area (Å²) in [5, 5.41) is 10.5. The van der Waals surface area contributed by atoms with Crippen molar-refractivity contribution in [3.63, 3.8) is 0 Å². The van der Waals surface area contributed by atoms with E-state index in [9.17, 15) is 14.5 Å². The van der Waals surface area contributed by atoms with Gasteiger partial charge in [-0.3, -0.25) is 10.1 Å². The maximum absolute atomic E-state index is 12.6. The lowest BCUT2D eigenvalue weighted by Gasteiger charge is -2.05. The molecule has 19 heavy (non-hydrogen) atoms. The molecule has 0 unspecified atom stereocenters. The molecule has 0 aliphatic heterocycles. The minimum absolute atomic E-state index is 0.0624. The number of ether oxygens (including phenoxy) is 1. The smallest absolute Gasteiger partial charge is 0.269 e. The summed E-state index contributed by atoms with van der Waals surface area (Å²) < 4.78 is 17.9. The van der Waals surface area contributed by atoms with Gasteiger partial charge in [0.15, 0.2) is 0 Å². The normalized spacial score (nSPS) is 10.2. The zero-order chi connectivity index (χ0) is 13.7. The summed E-state index contributed by atoms with van der Waals surface area (Å²) in [7, 11) is 0. The molecule has 0 saturated carbocycles. The molecule has 2 rings (SSSR count). The number of aromatic nitrogens is 1. The van der Waals surface area contributed by atoms with Crippen molar-refractivity contribution in [3.8, 4) is 5.75 Å². The van der Waals surface area contributed by atoms with Crippen molar-refractivity contribution in [3.05, 3.63) is 64.2 Å². The van der Waals surface area contributed by atoms with Crippen LogP contribution >= 0.6 is 0 Å². The Morgan fingerprint density at radius 1 is 1.21 bits per heavy atom. The third kappa shape index (κ3) is 3.74. The first-order valence-corrected chi connectivity index (χ1v) is 5.63. The molecule has 2 aromatic rings. The van der Waals surface area contributed by atoms with Crippen LogP contribution < -0.4 is 4.74 Å². The molecular formula is C13H11FN2O3. The number of hydrogen-bond donors (Lipinski definition) is 0. The van der Waals surface area contributed by atoms with Crippen molar-refractivity contribution in [2.45, 2.75) is 6.42 Å². The summed E-state index contributed by atoms with van der Waals surface area (Å²) >= 11 is 0. The monoisotopic (exact) mass is 262 g/mol. The zero-order valence-electron chi connectivity index (χ0n) is 9.95. The standard InChI is InChI=1S/C13H11FN2O3/c14-13-6-5-12(9-15-13)19-8-7-10-1-3-11(4-2-10)16(17)18/h1-6,9H,7-8H2. The van der Waals surface area contributed by atoms with Crippen LogP contribution in [0.1, 0.15) is 5.56 Å². The van der Waals surface area contributed by atoms with Gasteiger partial charge in [0.05, 0.1) is 17.7 Å². The maximum Gasteiger partial charge on any atom is 0.269 e. The molecule has 1 heterocycles. The molecule has 0 bridgehead atoms. The van der Waals surface area contributed by atoms with Crippen LogP contribution in [-0.4, -0.2) is 16.5 Å². The Morgan fingerprint density at radius 3 is 2.53 bits per heavy atom. The predicted molar refractivity (Wildman–Crippen MR) is 66.5 cm³/mol. The molecule has 0 fully saturated rings. The number of pyridine rings is 1. The van der Waals surface area contributed by atoms with Gasteiger partial charge in [-0.2, -0.15) is 4.39 Å². The van der Waals surface area contributed by atoms with Crippen LogP contribution in [0.4, 0.5) is 10.1 Å². The molecule has 6 heteroatoms. The van der Waals surface area contributed by atoms with Crippen LogP contribution in [0.2, 0.25) is 0 Å². The van der Waals surface area contributed by atoms with E-state index in [-0.39, 0.29) is 5.69 Å². The van der Waals surface area contributed by atoms with Gasteiger partial charge < -0.3 is 4.74 Å². The van der Waals surface area contributed by atoms with Crippen molar-refractivity contribution in [1.29, 1.82) is 0 Å². The molecule has 1 aromatic carbocycles. The summed E-state index contributed by atoms with van der Waals surface area (Å²) in [4.78, 5) is 13.5. The van der Waals surface area contributed by atoms with Gasteiger partial charge >= 0.3 is 0 Å². The van der Waals surface area contributed by atoms with E-state index in [0.29, 0.717) is 18.8 Å². The number of nitro groups is 1. The third-order valence-corrected chi connectivity index (χ3v) is 2.51. The van der Waals surface area contributed by atoms with Crippen LogP contribution in [0.3, 0.4) is 0 Å². The number of nitro benzene ring substituents is 1. The first-order chi connectivity index (χ1) is 9.15. The van der Waals surface area contributed by atoms with E-state index in [0.717, 1.165) is 5.56 Å². The topological polar surface area (TPSA) is 65.3 Å². The second kappa shape index (κ2) is 5.90. The Morgan fingerprint density at radius 2 is 1.95 bits per heavy atom. The number of benzene rings is 1. The highest BCUT2D eigenvalue weighted by Crippen LogP contribution is 2.13. The van der Waals surface area contributed by atoms with Crippen molar-refractivity contribution < 1.29 is 14.1 Å². The fraction of sp³-hybridized carbons (Fsp3) is 0.154. The van der Waals surface area contributed by atoms with Crippen LogP contribution in [0.15, 0.2) is 42.6 Å². The Labute approximate surface area is 108 Å². The average Bonchev–Trinajstić information content (AvgIpc) is 2.41. The van der Waals surface area contributed by atoms with E-state index >= 15 is 0 Å². The summed E-state index contributed by atoms with van der Waals surface area (Å²) in [6.07, 6.45) is 1.92. The molecule has 0 aliphatic carbocycles. The summed E-state index contributed by atoms with van der Waals surface area (Å²) in [6.45, 7) is 0.394. The molecule has 0 saturated heterocycles. The lowest BCUT2D eigenvalue weighted by atomic mass is 10.1. The lowest BCUT2D eigenvalue weighted by molar-refractivity contribution is -0.384. The minimum atomic E-state index is -0.553. The van der Waals surface area contributed by atoms with E-state index in [1.54, 1.807) is 12.1 Å². The number of nitrogens with zero attached hydrogens (tertiary/aromatic N) is 2. The summed E-state index contributed by atoms with van der Waals surface area (Å²) in [6, 6.07) is 9.00. The van der Waals surface area contributed by atoms with Crippen molar-refractivity contribution in [2.24, 2.45) is 0 Å². The van der Waals surface area contributed by atoms with Crippen LogP contribution in [0, 0.1) is 16.1 Å². The minimum Gasteiger partial charge on any atom is -0.492 e. The summed E-state index contributed by atoms with van der Waals surface area (Å²) in [5.74, 6) is -0.0639. The first kappa shape index (κ1) is 12.9.